The fourth-order valence-corrected chi connectivity index (χ4v) is 2.43. The maximum atomic E-state index is 14.4. The fourth-order valence-electron chi connectivity index (χ4n) is 2.43. The number of anilines is 2. The lowest BCUT2D eigenvalue weighted by molar-refractivity contribution is -0.0528. The molecule has 1 aliphatic rings. The summed E-state index contributed by atoms with van der Waals surface area (Å²) in [5, 5.41) is 11.8. The number of H-pyrrole nitrogens is 1. The van der Waals surface area contributed by atoms with Gasteiger partial charge in [0.25, 0.3) is 0 Å². The van der Waals surface area contributed by atoms with E-state index < -0.39 is 18.4 Å². The van der Waals surface area contributed by atoms with Gasteiger partial charge >= 0.3 is 6.61 Å². The maximum absolute atomic E-state index is 14.4. The molecule has 0 aromatic carbocycles. The van der Waals surface area contributed by atoms with E-state index in [1.54, 1.807) is 0 Å². The molecular formula is C14H17F3N6O2. The number of rotatable bonds is 6. The number of ether oxygens (including phenoxy) is 2. The van der Waals surface area contributed by atoms with Gasteiger partial charge in [-0.15, -0.1) is 5.10 Å². The van der Waals surface area contributed by atoms with Crippen LogP contribution in [0.2, 0.25) is 0 Å². The Morgan fingerprint density at radius 1 is 1.36 bits per heavy atom. The van der Waals surface area contributed by atoms with Crippen molar-refractivity contribution in [2.45, 2.75) is 31.7 Å². The molecule has 0 bridgehead atoms. The molecule has 1 saturated heterocycles. The second-order valence-corrected chi connectivity index (χ2v) is 5.72. The molecule has 11 heteroatoms. The molecule has 136 valence electrons. The molecule has 0 spiro atoms. The fraction of sp³-hybridized carbons (Fsp3) is 0.500. The summed E-state index contributed by atoms with van der Waals surface area (Å²) in [6.45, 7) is -0.650. The zero-order chi connectivity index (χ0) is 17.9. The van der Waals surface area contributed by atoms with Crippen molar-refractivity contribution in [2.24, 2.45) is 0 Å². The largest absolute Gasteiger partial charge is 0.470 e. The molecule has 0 aliphatic carbocycles. The van der Waals surface area contributed by atoms with Crippen molar-refractivity contribution >= 4 is 11.6 Å². The molecule has 3 heterocycles. The number of nitrogens with one attached hydrogen (secondary N) is 3. The summed E-state index contributed by atoms with van der Waals surface area (Å²) in [6.07, 6.45) is 2.64. The number of halogens is 3. The van der Waals surface area contributed by atoms with Crippen LogP contribution in [0.4, 0.5) is 24.8 Å². The number of alkyl halides is 3. The second kappa shape index (κ2) is 7.13. The van der Waals surface area contributed by atoms with Crippen molar-refractivity contribution in [1.82, 2.24) is 25.5 Å². The van der Waals surface area contributed by atoms with E-state index in [0.717, 1.165) is 0 Å². The number of hydrogen-bond acceptors (Lipinski definition) is 7. The molecule has 0 saturated carbocycles. The van der Waals surface area contributed by atoms with Gasteiger partial charge in [0.05, 0.1) is 12.4 Å². The van der Waals surface area contributed by atoms with E-state index in [1.165, 1.54) is 25.4 Å². The van der Waals surface area contributed by atoms with Gasteiger partial charge in [0.2, 0.25) is 11.8 Å². The zero-order valence-corrected chi connectivity index (χ0v) is 13.3. The molecule has 8 nitrogen and oxygen atoms in total. The van der Waals surface area contributed by atoms with Gasteiger partial charge in [-0.25, -0.2) is 4.39 Å². The first-order chi connectivity index (χ1) is 11.9. The van der Waals surface area contributed by atoms with Crippen molar-refractivity contribution in [3.05, 3.63) is 18.5 Å². The number of aromatic nitrogens is 4. The lowest BCUT2D eigenvalue weighted by Crippen LogP contribution is -2.53. The molecule has 0 unspecified atom stereocenters. The first-order valence-corrected chi connectivity index (χ1v) is 7.58. The number of piperidine rings is 1. The Labute approximate surface area is 141 Å². The van der Waals surface area contributed by atoms with Crippen molar-refractivity contribution in [3.8, 4) is 11.8 Å². The molecule has 2 aromatic rings. The summed E-state index contributed by atoms with van der Waals surface area (Å²) in [7, 11) is 0. The van der Waals surface area contributed by atoms with Crippen LogP contribution in [0, 0.1) is 0 Å². The Kier molecular flexibility index (Phi) is 4.93. The average molecular weight is 358 g/mol. The van der Waals surface area contributed by atoms with E-state index in [1.807, 2.05) is 0 Å². The van der Waals surface area contributed by atoms with Gasteiger partial charge in [-0.1, -0.05) is 0 Å². The third-order valence-electron chi connectivity index (χ3n) is 3.63. The van der Waals surface area contributed by atoms with Crippen LogP contribution in [0.15, 0.2) is 18.5 Å². The minimum Gasteiger partial charge on any atom is -0.470 e. The van der Waals surface area contributed by atoms with Crippen LogP contribution in [-0.2, 0) is 0 Å². The molecule has 0 radical (unpaired) electrons. The van der Waals surface area contributed by atoms with Crippen LogP contribution in [0.3, 0.4) is 0 Å². The van der Waals surface area contributed by atoms with E-state index in [-0.39, 0.29) is 29.9 Å². The van der Waals surface area contributed by atoms with E-state index >= 15 is 0 Å². The molecule has 2 aromatic heterocycles. The number of nitrogens with zero attached hydrogens (tertiary/aromatic N) is 3. The highest BCUT2D eigenvalue weighted by Crippen LogP contribution is 2.26. The van der Waals surface area contributed by atoms with Crippen LogP contribution in [0.5, 0.6) is 11.8 Å². The molecule has 3 N–H and O–H groups in total. The highest BCUT2D eigenvalue weighted by molar-refractivity contribution is 5.52. The summed E-state index contributed by atoms with van der Waals surface area (Å²) in [5.74, 6) is 0.448. The van der Waals surface area contributed by atoms with Crippen molar-refractivity contribution in [3.63, 3.8) is 0 Å². The van der Waals surface area contributed by atoms with Gasteiger partial charge < -0.3 is 20.1 Å². The van der Waals surface area contributed by atoms with Crippen LogP contribution >= 0.6 is 0 Å². The summed E-state index contributed by atoms with van der Waals surface area (Å²) in [4.78, 5) is 8.15. The molecule has 25 heavy (non-hydrogen) atoms. The Bertz CT molecular complexity index is 711. The maximum Gasteiger partial charge on any atom is 0.388 e. The third-order valence-corrected chi connectivity index (χ3v) is 3.63. The summed E-state index contributed by atoms with van der Waals surface area (Å²) >= 11 is 0. The van der Waals surface area contributed by atoms with Gasteiger partial charge in [0.15, 0.2) is 11.5 Å². The summed E-state index contributed by atoms with van der Waals surface area (Å²) in [5.41, 5.74) is -1.52. The van der Waals surface area contributed by atoms with Gasteiger partial charge in [-0.05, 0) is 13.5 Å². The first kappa shape index (κ1) is 17.3. The Hall–Kier alpha value is -2.56. The normalized spacial score (nSPS) is 23.5. The van der Waals surface area contributed by atoms with Gasteiger partial charge in [-0.2, -0.15) is 13.8 Å². The molecular weight excluding hydrogens is 341 g/mol. The molecule has 3 rings (SSSR count). The number of hydrogen-bond donors (Lipinski definition) is 3. The molecule has 0 amide bonds. The predicted molar refractivity (Wildman–Crippen MR) is 82.0 cm³/mol. The quantitative estimate of drug-likeness (QED) is 0.727. The topological polar surface area (TPSA) is 97.0 Å². The summed E-state index contributed by atoms with van der Waals surface area (Å²) < 4.78 is 48.5. The van der Waals surface area contributed by atoms with Crippen LogP contribution in [0.25, 0.3) is 0 Å². The first-order valence-electron chi connectivity index (χ1n) is 7.58. The Morgan fingerprint density at radius 3 is 2.96 bits per heavy atom. The van der Waals surface area contributed by atoms with Crippen molar-refractivity contribution in [1.29, 1.82) is 0 Å². The standard InChI is InChI=1S/C14H17F3N6O2/c1-14(17)7-18-3-2-8(14)24-12-6-19-5-10(21-12)20-9-4-11(23-22-9)25-13(15)16/h4-6,8,13,18H,2-3,7H2,1H3,(H2,20,21,22,23)/t8-,14-/m1/s1. The highest BCUT2D eigenvalue weighted by Gasteiger charge is 2.38. The van der Waals surface area contributed by atoms with Crippen LogP contribution in [-0.4, -0.2) is 51.6 Å². The van der Waals surface area contributed by atoms with Gasteiger partial charge in [-0.3, -0.25) is 10.1 Å². The van der Waals surface area contributed by atoms with Crippen LogP contribution in [0.1, 0.15) is 13.3 Å². The molecule has 1 aliphatic heterocycles. The average Bonchev–Trinajstić information content (AvgIpc) is 2.96. The lowest BCUT2D eigenvalue weighted by Gasteiger charge is -2.34. The minimum atomic E-state index is -2.97. The predicted octanol–water partition coefficient (Wildman–Crippen LogP) is 2.01. The lowest BCUT2D eigenvalue weighted by atomic mass is 9.95. The van der Waals surface area contributed by atoms with Crippen LogP contribution < -0.4 is 20.1 Å². The smallest absolute Gasteiger partial charge is 0.388 e. The molecule has 2 atom stereocenters. The van der Waals surface area contributed by atoms with E-state index in [0.29, 0.717) is 13.0 Å². The molecule has 1 fully saturated rings. The highest BCUT2D eigenvalue weighted by atomic mass is 19.3. The second-order valence-electron chi connectivity index (χ2n) is 5.72. The van der Waals surface area contributed by atoms with E-state index in [2.05, 4.69) is 35.5 Å². The zero-order valence-electron chi connectivity index (χ0n) is 13.3. The van der Waals surface area contributed by atoms with Gasteiger partial charge in [0, 0.05) is 19.0 Å². The SMILES string of the molecule is C[C@@]1(F)CNCC[C@H]1Oc1cncc(Nc2cc(OC(F)F)n[nH]2)n1. The van der Waals surface area contributed by atoms with Gasteiger partial charge in [0.1, 0.15) is 11.9 Å². The minimum absolute atomic E-state index is 0.157. The van der Waals surface area contributed by atoms with E-state index in [4.69, 9.17) is 4.74 Å². The Balaban J connectivity index is 1.66. The van der Waals surface area contributed by atoms with E-state index in [9.17, 15) is 13.2 Å². The van der Waals surface area contributed by atoms with Crippen molar-refractivity contribution in [2.75, 3.05) is 18.4 Å². The van der Waals surface area contributed by atoms with Crippen molar-refractivity contribution < 1.29 is 22.6 Å². The monoisotopic (exact) mass is 358 g/mol. The summed E-state index contributed by atoms with van der Waals surface area (Å²) in [6, 6.07) is 1.24. The Morgan fingerprint density at radius 2 is 2.20 bits per heavy atom. The third kappa shape index (κ3) is 4.50. The number of aromatic amines is 1.